The third-order valence-corrected chi connectivity index (χ3v) is 7.80. The van der Waals surface area contributed by atoms with Crippen molar-refractivity contribution in [3.8, 4) is 5.75 Å². The van der Waals surface area contributed by atoms with Crippen molar-refractivity contribution in [1.82, 2.24) is 5.32 Å². The molecular weight excluding hydrogens is 396 g/mol. The van der Waals surface area contributed by atoms with Crippen LogP contribution in [0.15, 0.2) is 40.6 Å². The van der Waals surface area contributed by atoms with Crippen molar-refractivity contribution >= 4 is 33.0 Å². The van der Waals surface area contributed by atoms with Crippen molar-refractivity contribution in [3.05, 3.63) is 40.6 Å². The highest BCUT2D eigenvalue weighted by Gasteiger charge is 2.29. The molecule has 28 heavy (non-hydrogen) atoms. The molecule has 8 heteroatoms. The van der Waals surface area contributed by atoms with Crippen LogP contribution >= 0.6 is 11.3 Å². The van der Waals surface area contributed by atoms with E-state index in [1.54, 1.807) is 29.6 Å². The molecule has 0 bridgehead atoms. The van der Waals surface area contributed by atoms with Crippen LogP contribution in [0.25, 0.3) is 0 Å². The zero-order chi connectivity index (χ0) is 20.1. The Kier molecular flexibility index (Phi) is 6.61. The number of benzene rings is 1. The van der Waals surface area contributed by atoms with Gasteiger partial charge in [-0.3, -0.25) is 9.10 Å². The molecule has 1 amide bonds. The van der Waals surface area contributed by atoms with Gasteiger partial charge in [0.05, 0.1) is 12.3 Å². The average Bonchev–Trinajstić information content (AvgIpc) is 3.20. The van der Waals surface area contributed by atoms with Crippen molar-refractivity contribution in [3.63, 3.8) is 0 Å². The van der Waals surface area contributed by atoms with Crippen LogP contribution in [-0.2, 0) is 10.0 Å². The van der Waals surface area contributed by atoms with Crippen LogP contribution in [0.1, 0.15) is 48.7 Å². The maximum absolute atomic E-state index is 13.1. The van der Waals surface area contributed by atoms with Gasteiger partial charge in [0.1, 0.15) is 15.5 Å². The lowest BCUT2D eigenvalue weighted by Gasteiger charge is -2.23. The van der Waals surface area contributed by atoms with Gasteiger partial charge in [0.15, 0.2) is 0 Å². The number of ether oxygens (including phenoxy) is 1. The van der Waals surface area contributed by atoms with Crippen LogP contribution in [-0.4, -0.2) is 34.0 Å². The first kappa shape index (κ1) is 20.7. The summed E-state index contributed by atoms with van der Waals surface area (Å²) in [4.78, 5) is 13.0. The van der Waals surface area contributed by atoms with Crippen LogP contribution in [0.5, 0.6) is 5.75 Å². The monoisotopic (exact) mass is 422 g/mol. The van der Waals surface area contributed by atoms with Crippen molar-refractivity contribution in [2.24, 2.45) is 0 Å². The predicted octanol–water partition coefficient (Wildman–Crippen LogP) is 4.03. The Morgan fingerprint density at radius 1 is 1.18 bits per heavy atom. The summed E-state index contributed by atoms with van der Waals surface area (Å²) in [5.74, 6) is 0.376. The van der Waals surface area contributed by atoms with Gasteiger partial charge in [0.25, 0.3) is 15.9 Å². The van der Waals surface area contributed by atoms with Gasteiger partial charge in [-0.1, -0.05) is 19.3 Å². The fourth-order valence-electron chi connectivity index (χ4n) is 3.37. The van der Waals surface area contributed by atoms with Crippen LogP contribution in [0, 0.1) is 0 Å². The maximum atomic E-state index is 13.1. The molecule has 0 saturated heterocycles. The highest BCUT2D eigenvalue weighted by atomic mass is 32.2. The van der Waals surface area contributed by atoms with Gasteiger partial charge < -0.3 is 10.1 Å². The quantitative estimate of drug-likeness (QED) is 0.731. The van der Waals surface area contributed by atoms with E-state index in [4.69, 9.17) is 4.74 Å². The molecule has 1 aromatic heterocycles. The van der Waals surface area contributed by atoms with Gasteiger partial charge in [-0.05, 0) is 55.5 Å². The van der Waals surface area contributed by atoms with E-state index in [0.29, 0.717) is 18.0 Å². The smallest absolute Gasteiger partial charge is 0.265 e. The summed E-state index contributed by atoms with van der Waals surface area (Å²) >= 11 is 1.16. The molecule has 1 fully saturated rings. The molecule has 1 N–H and O–H groups in total. The van der Waals surface area contributed by atoms with Gasteiger partial charge in [-0.15, -0.1) is 11.3 Å². The van der Waals surface area contributed by atoms with Crippen molar-refractivity contribution < 1.29 is 17.9 Å². The Balaban J connectivity index is 1.80. The van der Waals surface area contributed by atoms with Crippen molar-refractivity contribution in [2.75, 3.05) is 18.0 Å². The van der Waals surface area contributed by atoms with Crippen LogP contribution in [0.2, 0.25) is 0 Å². The molecule has 6 nitrogen and oxygen atoms in total. The number of hydrogen-bond acceptors (Lipinski definition) is 5. The summed E-state index contributed by atoms with van der Waals surface area (Å²) in [5.41, 5.74) is 0.508. The summed E-state index contributed by atoms with van der Waals surface area (Å²) in [6, 6.07) is 8.47. The summed E-state index contributed by atoms with van der Waals surface area (Å²) in [6.07, 6.45) is 5.29. The molecule has 1 heterocycles. The number of nitrogens with zero attached hydrogens (tertiary/aromatic N) is 1. The molecule has 0 radical (unpaired) electrons. The number of hydrogen-bond donors (Lipinski definition) is 1. The van der Waals surface area contributed by atoms with E-state index in [9.17, 15) is 13.2 Å². The molecule has 1 saturated carbocycles. The number of sulfonamides is 1. The lowest BCUT2D eigenvalue weighted by Crippen LogP contribution is -2.37. The molecule has 1 aromatic carbocycles. The summed E-state index contributed by atoms with van der Waals surface area (Å²) in [5, 5.41) is 4.65. The highest BCUT2D eigenvalue weighted by Crippen LogP contribution is 2.29. The molecule has 2 aromatic rings. The summed E-state index contributed by atoms with van der Waals surface area (Å²) < 4.78 is 32.9. The Morgan fingerprint density at radius 3 is 2.50 bits per heavy atom. The predicted molar refractivity (Wildman–Crippen MR) is 112 cm³/mol. The van der Waals surface area contributed by atoms with Crippen LogP contribution in [0.4, 0.5) is 5.69 Å². The topological polar surface area (TPSA) is 75.7 Å². The Labute approximate surface area is 170 Å². The number of thiophene rings is 1. The van der Waals surface area contributed by atoms with Crippen molar-refractivity contribution in [2.45, 2.75) is 50.0 Å². The molecule has 0 atom stereocenters. The van der Waals surface area contributed by atoms with E-state index in [0.717, 1.165) is 37.0 Å². The summed E-state index contributed by atoms with van der Waals surface area (Å²) in [7, 11) is -2.36. The third-order valence-electron chi connectivity index (χ3n) is 4.93. The Morgan fingerprint density at radius 2 is 1.86 bits per heavy atom. The van der Waals surface area contributed by atoms with Gasteiger partial charge in [0, 0.05) is 13.1 Å². The Bertz CT molecular complexity index is 901. The lowest BCUT2D eigenvalue weighted by atomic mass is 9.95. The molecule has 0 spiro atoms. The molecule has 1 aliphatic carbocycles. The minimum absolute atomic E-state index is 0.0437. The van der Waals surface area contributed by atoms with E-state index in [2.05, 4.69) is 5.32 Å². The largest absolute Gasteiger partial charge is 0.494 e. The van der Waals surface area contributed by atoms with Gasteiger partial charge in [-0.25, -0.2) is 8.42 Å². The number of carbonyl (C=O) groups is 1. The summed E-state index contributed by atoms with van der Waals surface area (Å²) in [6.45, 7) is 2.43. The molecule has 1 aliphatic rings. The van der Waals surface area contributed by atoms with Crippen LogP contribution < -0.4 is 14.4 Å². The first-order valence-electron chi connectivity index (χ1n) is 9.53. The molecule has 0 unspecified atom stereocenters. The average molecular weight is 423 g/mol. The molecule has 152 valence electrons. The standard InChI is InChI=1S/C20H26N2O4S2/c1-3-26-17-11-9-16(10-12-17)22(2)28(24,25)18-13-14-27-19(18)20(23)21-15-7-5-4-6-8-15/h9-15H,3-8H2,1-2H3,(H,21,23). The van der Waals surface area contributed by atoms with Gasteiger partial charge in [0.2, 0.25) is 0 Å². The maximum Gasteiger partial charge on any atom is 0.265 e. The zero-order valence-electron chi connectivity index (χ0n) is 16.2. The number of rotatable bonds is 7. The molecule has 3 rings (SSSR count). The number of anilines is 1. The van der Waals surface area contributed by atoms with E-state index in [-0.39, 0.29) is 21.7 Å². The van der Waals surface area contributed by atoms with Gasteiger partial charge >= 0.3 is 0 Å². The minimum atomic E-state index is -3.85. The third kappa shape index (κ3) is 4.50. The van der Waals surface area contributed by atoms with Crippen LogP contribution in [0.3, 0.4) is 0 Å². The SMILES string of the molecule is CCOc1ccc(N(C)S(=O)(=O)c2ccsc2C(=O)NC2CCCCC2)cc1. The molecule has 0 aliphatic heterocycles. The number of nitrogens with one attached hydrogen (secondary N) is 1. The lowest BCUT2D eigenvalue weighted by molar-refractivity contribution is 0.0929. The first-order valence-corrected chi connectivity index (χ1v) is 11.9. The Hall–Kier alpha value is -2.06. The fourth-order valence-corrected chi connectivity index (χ4v) is 5.87. The van der Waals surface area contributed by atoms with Gasteiger partial charge in [-0.2, -0.15) is 0 Å². The first-order chi connectivity index (χ1) is 13.4. The molecular formula is C20H26N2O4S2. The van der Waals surface area contributed by atoms with E-state index in [1.165, 1.54) is 23.8 Å². The van der Waals surface area contributed by atoms with E-state index >= 15 is 0 Å². The second kappa shape index (κ2) is 8.96. The highest BCUT2D eigenvalue weighted by molar-refractivity contribution is 7.93. The van der Waals surface area contributed by atoms with E-state index < -0.39 is 10.0 Å². The normalized spacial score (nSPS) is 15.2. The second-order valence-electron chi connectivity index (χ2n) is 6.82. The number of amides is 1. The zero-order valence-corrected chi connectivity index (χ0v) is 17.8. The number of carbonyl (C=O) groups excluding carboxylic acids is 1. The second-order valence-corrected chi connectivity index (χ2v) is 9.68. The van der Waals surface area contributed by atoms with E-state index in [1.807, 2.05) is 6.92 Å². The fraction of sp³-hybridized carbons (Fsp3) is 0.450. The van der Waals surface area contributed by atoms with Crippen molar-refractivity contribution in [1.29, 1.82) is 0 Å². The minimum Gasteiger partial charge on any atom is -0.494 e.